The van der Waals surface area contributed by atoms with Gasteiger partial charge in [0.05, 0.1) is 6.04 Å². The largest absolute Gasteiger partial charge is 0.337 e. The molecule has 1 aliphatic heterocycles. The second-order valence-electron chi connectivity index (χ2n) is 4.72. The molecule has 1 amide bonds. The van der Waals surface area contributed by atoms with Crippen LogP contribution in [0, 0.1) is 11.6 Å². The molecule has 2 heterocycles. The number of halogens is 2. The smallest absolute Gasteiger partial charge is 0.297 e. The maximum Gasteiger partial charge on any atom is 0.297 e. The molecule has 1 fully saturated rings. The van der Waals surface area contributed by atoms with E-state index in [4.69, 9.17) is 4.52 Å². The molecule has 1 aromatic heterocycles. The summed E-state index contributed by atoms with van der Waals surface area (Å²) >= 11 is 0. The minimum absolute atomic E-state index is 0.0113. The highest BCUT2D eigenvalue weighted by Crippen LogP contribution is 2.21. The van der Waals surface area contributed by atoms with Crippen molar-refractivity contribution in [3.05, 3.63) is 41.5 Å². The number of nitrogens with zero attached hydrogens (tertiary/aromatic N) is 2. The Bertz CT molecular complexity index is 648. The van der Waals surface area contributed by atoms with Crippen LogP contribution in [0.15, 0.2) is 22.7 Å². The SMILES string of the molecule is O=C(Nc1cc(F)cc(F)c1)c1noc(C2CCCN2)n1. The highest BCUT2D eigenvalue weighted by Gasteiger charge is 2.24. The first-order chi connectivity index (χ1) is 10.1. The Balaban J connectivity index is 1.73. The first-order valence-electron chi connectivity index (χ1n) is 6.46. The van der Waals surface area contributed by atoms with Gasteiger partial charge in [-0.3, -0.25) is 4.79 Å². The van der Waals surface area contributed by atoms with Crippen LogP contribution in [0.25, 0.3) is 0 Å². The molecule has 2 aromatic rings. The molecule has 110 valence electrons. The van der Waals surface area contributed by atoms with Gasteiger partial charge in [0, 0.05) is 11.8 Å². The van der Waals surface area contributed by atoms with E-state index in [2.05, 4.69) is 20.8 Å². The van der Waals surface area contributed by atoms with Crippen LogP contribution >= 0.6 is 0 Å². The van der Waals surface area contributed by atoms with Crippen molar-refractivity contribution in [1.82, 2.24) is 15.5 Å². The average molecular weight is 294 g/mol. The lowest BCUT2D eigenvalue weighted by molar-refractivity contribution is 0.101. The Kier molecular flexibility index (Phi) is 3.61. The second kappa shape index (κ2) is 5.57. The number of carbonyl (C=O) groups is 1. The van der Waals surface area contributed by atoms with Crippen LogP contribution < -0.4 is 10.6 Å². The number of hydrogen-bond acceptors (Lipinski definition) is 5. The summed E-state index contributed by atoms with van der Waals surface area (Å²) in [6.07, 6.45) is 1.86. The molecule has 0 bridgehead atoms. The summed E-state index contributed by atoms with van der Waals surface area (Å²) in [5, 5.41) is 9.06. The van der Waals surface area contributed by atoms with Gasteiger partial charge in [0.2, 0.25) is 5.89 Å². The van der Waals surface area contributed by atoms with Crippen LogP contribution in [-0.2, 0) is 0 Å². The van der Waals surface area contributed by atoms with Gasteiger partial charge < -0.3 is 15.2 Å². The number of aromatic nitrogens is 2. The van der Waals surface area contributed by atoms with Crippen LogP contribution in [0.2, 0.25) is 0 Å². The lowest BCUT2D eigenvalue weighted by Crippen LogP contribution is -2.16. The van der Waals surface area contributed by atoms with Crippen LogP contribution in [0.5, 0.6) is 0 Å². The second-order valence-corrected chi connectivity index (χ2v) is 4.72. The third kappa shape index (κ3) is 3.05. The van der Waals surface area contributed by atoms with Crippen molar-refractivity contribution >= 4 is 11.6 Å². The number of rotatable bonds is 3. The molecular formula is C13H12F2N4O2. The minimum Gasteiger partial charge on any atom is -0.337 e. The fraction of sp³-hybridized carbons (Fsp3) is 0.308. The molecule has 2 N–H and O–H groups in total. The summed E-state index contributed by atoms with van der Waals surface area (Å²) in [6.45, 7) is 0.858. The number of amides is 1. The quantitative estimate of drug-likeness (QED) is 0.905. The Hall–Kier alpha value is -2.35. The molecule has 3 rings (SSSR count). The topological polar surface area (TPSA) is 80.0 Å². The van der Waals surface area contributed by atoms with Gasteiger partial charge in [0.25, 0.3) is 11.7 Å². The van der Waals surface area contributed by atoms with Crippen molar-refractivity contribution in [2.75, 3.05) is 11.9 Å². The molecular weight excluding hydrogens is 282 g/mol. The number of hydrogen-bond donors (Lipinski definition) is 2. The average Bonchev–Trinajstić information content (AvgIpc) is 3.09. The Morgan fingerprint density at radius 3 is 2.76 bits per heavy atom. The summed E-state index contributed by atoms with van der Waals surface area (Å²) in [5.41, 5.74) is -0.0113. The summed E-state index contributed by atoms with van der Waals surface area (Å²) in [6, 6.07) is 2.67. The minimum atomic E-state index is -0.783. The van der Waals surface area contributed by atoms with Crippen molar-refractivity contribution in [3.63, 3.8) is 0 Å². The molecule has 1 atom stereocenters. The van der Waals surface area contributed by atoms with Crippen LogP contribution in [0.4, 0.5) is 14.5 Å². The van der Waals surface area contributed by atoms with Crippen molar-refractivity contribution in [2.45, 2.75) is 18.9 Å². The van der Waals surface area contributed by atoms with E-state index in [-0.39, 0.29) is 17.6 Å². The standard InChI is InChI=1S/C13H12F2N4O2/c14-7-4-8(15)6-9(5-7)17-12(20)11-18-13(21-19-11)10-2-1-3-16-10/h4-6,10,16H,1-3H2,(H,17,20). The molecule has 0 saturated carbocycles. The molecule has 6 nitrogen and oxygen atoms in total. The third-order valence-electron chi connectivity index (χ3n) is 3.12. The van der Waals surface area contributed by atoms with Crippen LogP contribution in [0.1, 0.15) is 35.4 Å². The number of benzene rings is 1. The monoisotopic (exact) mass is 294 g/mol. The van der Waals surface area contributed by atoms with Crippen molar-refractivity contribution in [1.29, 1.82) is 0 Å². The predicted molar refractivity (Wildman–Crippen MR) is 68.6 cm³/mol. The molecule has 21 heavy (non-hydrogen) atoms. The van der Waals surface area contributed by atoms with E-state index in [1.165, 1.54) is 0 Å². The Morgan fingerprint density at radius 1 is 1.33 bits per heavy atom. The maximum absolute atomic E-state index is 13.0. The van der Waals surface area contributed by atoms with Gasteiger partial charge in [0.15, 0.2) is 0 Å². The van der Waals surface area contributed by atoms with Gasteiger partial charge in [-0.1, -0.05) is 5.16 Å². The van der Waals surface area contributed by atoms with Gasteiger partial charge in [-0.05, 0) is 31.5 Å². The van der Waals surface area contributed by atoms with Crippen molar-refractivity contribution in [2.24, 2.45) is 0 Å². The van der Waals surface area contributed by atoms with Gasteiger partial charge >= 0.3 is 0 Å². The molecule has 8 heteroatoms. The first-order valence-corrected chi connectivity index (χ1v) is 6.46. The summed E-state index contributed by atoms with van der Waals surface area (Å²) in [5.74, 6) is -2.09. The highest BCUT2D eigenvalue weighted by atomic mass is 19.1. The Labute approximate surface area is 118 Å². The van der Waals surface area contributed by atoms with E-state index in [1.807, 2.05) is 0 Å². The summed E-state index contributed by atoms with van der Waals surface area (Å²) in [4.78, 5) is 15.9. The van der Waals surface area contributed by atoms with Crippen LogP contribution in [-0.4, -0.2) is 22.6 Å². The zero-order chi connectivity index (χ0) is 14.8. The molecule has 0 radical (unpaired) electrons. The zero-order valence-corrected chi connectivity index (χ0v) is 10.9. The van der Waals surface area contributed by atoms with E-state index >= 15 is 0 Å². The zero-order valence-electron chi connectivity index (χ0n) is 10.9. The van der Waals surface area contributed by atoms with Gasteiger partial charge in [-0.15, -0.1) is 0 Å². The molecule has 1 unspecified atom stereocenters. The van der Waals surface area contributed by atoms with Gasteiger partial charge in [-0.2, -0.15) is 4.98 Å². The summed E-state index contributed by atoms with van der Waals surface area (Å²) < 4.78 is 31.1. The lowest BCUT2D eigenvalue weighted by atomic mass is 10.2. The van der Waals surface area contributed by atoms with Crippen molar-refractivity contribution in [3.8, 4) is 0 Å². The maximum atomic E-state index is 13.0. The molecule has 0 spiro atoms. The Morgan fingerprint density at radius 2 is 2.10 bits per heavy atom. The lowest BCUT2D eigenvalue weighted by Gasteiger charge is -2.03. The number of carbonyl (C=O) groups excluding carboxylic acids is 1. The van der Waals surface area contributed by atoms with Gasteiger partial charge in [-0.25, -0.2) is 8.78 Å². The number of nitrogens with one attached hydrogen (secondary N) is 2. The van der Waals surface area contributed by atoms with E-state index < -0.39 is 17.5 Å². The fourth-order valence-electron chi connectivity index (χ4n) is 2.18. The van der Waals surface area contributed by atoms with E-state index in [1.54, 1.807) is 0 Å². The molecule has 1 aromatic carbocycles. The normalized spacial score (nSPS) is 17.9. The highest BCUT2D eigenvalue weighted by molar-refractivity contribution is 6.01. The predicted octanol–water partition coefficient (Wildman–Crippen LogP) is 2.02. The van der Waals surface area contributed by atoms with Gasteiger partial charge in [0.1, 0.15) is 11.6 Å². The fourth-order valence-corrected chi connectivity index (χ4v) is 2.18. The molecule has 0 aliphatic carbocycles. The van der Waals surface area contributed by atoms with E-state index in [0.717, 1.165) is 31.5 Å². The molecule has 1 aliphatic rings. The first kappa shape index (κ1) is 13.6. The summed E-state index contributed by atoms with van der Waals surface area (Å²) in [7, 11) is 0. The third-order valence-corrected chi connectivity index (χ3v) is 3.12. The molecule has 1 saturated heterocycles. The van der Waals surface area contributed by atoms with Crippen LogP contribution in [0.3, 0.4) is 0 Å². The number of anilines is 1. The van der Waals surface area contributed by atoms with Crippen molar-refractivity contribution < 1.29 is 18.1 Å². The van der Waals surface area contributed by atoms with E-state index in [0.29, 0.717) is 12.0 Å². The van der Waals surface area contributed by atoms with E-state index in [9.17, 15) is 13.6 Å².